The van der Waals surface area contributed by atoms with Gasteiger partial charge >= 0.3 is 0 Å². The average molecular weight is 419 g/mol. The molecule has 4 nitrogen and oxygen atoms in total. The SMILES string of the molecule is CC1(Cl)C=CC2=IC=C(C(C=NCCCN)=CN)C=C2N1. The molecule has 5 N–H and O–H groups in total. The fourth-order valence-electron chi connectivity index (χ4n) is 1.89. The lowest BCUT2D eigenvalue weighted by Gasteiger charge is -2.29. The molecule has 0 fully saturated rings. The lowest BCUT2D eigenvalue weighted by molar-refractivity contribution is 0.672. The summed E-state index contributed by atoms with van der Waals surface area (Å²) in [4.78, 5) is 3.84. The predicted molar refractivity (Wildman–Crippen MR) is 101 cm³/mol. The minimum absolute atomic E-state index is 0.191. The van der Waals surface area contributed by atoms with Crippen LogP contribution in [0.25, 0.3) is 0 Å². The number of nitrogens with one attached hydrogen (secondary N) is 1. The molecule has 0 aliphatic carbocycles. The smallest absolute Gasteiger partial charge is 0.128 e. The third-order valence-corrected chi connectivity index (χ3v) is 5.82. The van der Waals surface area contributed by atoms with Gasteiger partial charge in [0.1, 0.15) is 5.00 Å². The van der Waals surface area contributed by atoms with Crippen LogP contribution in [0.3, 0.4) is 0 Å². The van der Waals surface area contributed by atoms with Crippen molar-refractivity contribution in [2.24, 2.45) is 16.5 Å². The summed E-state index contributed by atoms with van der Waals surface area (Å²) in [6, 6.07) is 0. The molecule has 1 atom stereocenters. The Hall–Kier alpha value is -0.920. The van der Waals surface area contributed by atoms with Gasteiger partial charge in [-0.25, -0.2) is 0 Å². The van der Waals surface area contributed by atoms with E-state index in [2.05, 4.69) is 26.5 Å². The van der Waals surface area contributed by atoms with E-state index in [0.29, 0.717) is 6.54 Å². The molecule has 2 aliphatic heterocycles. The van der Waals surface area contributed by atoms with Crippen LogP contribution < -0.4 is 16.8 Å². The maximum atomic E-state index is 6.33. The van der Waals surface area contributed by atoms with Crippen LogP contribution in [0.2, 0.25) is 0 Å². The largest absolute Gasteiger partial charge is 0.404 e. The van der Waals surface area contributed by atoms with Crippen molar-refractivity contribution < 1.29 is 0 Å². The molecule has 1 unspecified atom stereocenters. The molecule has 2 aliphatic rings. The second-order valence-corrected chi connectivity index (χ2v) is 8.11. The van der Waals surface area contributed by atoms with Crippen molar-refractivity contribution >= 4 is 42.1 Å². The Bertz CT molecular complexity index is 582. The number of nitrogens with two attached hydrogens (primary N) is 2. The molecule has 0 aromatic heterocycles. The van der Waals surface area contributed by atoms with Crippen molar-refractivity contribution in [3.05, 3.63) is 45.4 Å². The van der Waals surface area contributed by atoms with Gasteiger partial charge in [0, 0.05) is 33.7 Å². The van der Waals surface area contributed by atoms with E-state index in [1.807, 2.05) is 19.2 Å². The van der Waals surface area contributed by atoms with Crippen LogP contribution in [0.1, 0.15) is 13.3 Å². The van der Waals surface area contributed by atoms with Gasteiger partial charge in [0.25, 0.3) is 0 Å². The predicted octanol–water partition coefficient (Wildman–Crippen LogP) is 2.29. The Kier molecular flexibility index (Phi) is 5.78. The van der Waals surface area contributed by atoms with E-state index >= 15 is 0 Å². The molecule has 0 saturated carbocycles. The zero-order chi connectivity index (χ0) is 15.3. The zero-order valence-electron chi connectivity index (χ0n) is 11.9. The summed E-state index contributed by atoms with van der Waals surface area (Å²) in [6.45, 7) is 3.32. The second-order valence-electron chi connectivity index (χ2n) is 4.91. The second kappa shape index (κ2) is 7.38. The van der Waals surface area contributed by atoms with E-state index < -0.39 is 5.00 Å². The molecule has 6 heteroatoms. The van der Waals surface area contributed by atoms with Gasteiger partial charge in [-0.05, 0) is 47.8 Å². The first kappa shape index (κ1) is 16.5. The van der Waals surface area contributed by atoms with Crippen molar-refractivity contribution in [2.45, 2.75) is 18.3 Å². The van der Waals surface area contributed by atoms with Crippen LogP contribution in [0.15, 0.2) is 50.3 Å². The maximum absolute atomic E-state index is 6.33. The highest BCUT2D eigenvalue weighted by molar-refractivity contribution is 14.2. The molecule has 0 spiro atoms. The fraction of sp³-hybridized carbons (Fsp3) is 0.333. The summed E-state index contributed by atoms with van der Waals surface area (Å²) in [5.74, 6) is 0. The Labute approximate surface area is 140 Å². The van der Waals surface area contributed by atoms with Crippen LogP contribution >= 0.6 is 32.3 Å². The lowest BCUT2D eigenvalue weighted by atomic mass is 10.0. The van der Waals surface area contributed by atoms with Gasteiger partial charge in [-0.3, -0.25) is 4.99 Å². The first-order chi connectivity index (χ1) is 10.1. The number of halogens is 2. The first-order valence-electron chi connectivity index (χ1n) is 6.77. The molecule has 0 saturated heterocycles. The van der Waals surface area contributed by atoms with Gasteiger partial charge < -0.3 is 16.8 Å². The molecule has 0 amide bonds. The van der Waals surface area contributed by atoms with Crippen molar-refractivity contribution in [1.29, 1.82) is 0 Å². The summed E-state index contributed by atoms with van der Waals surface area (Å²) in [5.41, 5.74) is 14.3. The average Bonchev–Trinajstić information content (AvgIpc) is 2.46. The molecule has 114 valence electrons. The number of fused-ring (bicyclic) bond motifs is 1. The van der Waals surface area contributed by atoms with E-state index in [1.54, 1.807) is 6.20 Å². The Morgan fingerprint density at radius 2 is 2.38 bits per heavy atom. The molecule has 2 rings (SSSR count). The number of hydrogen-bond acceptors (Lipinski definition) is 4. The molecule has 0 aromatic carbocycles. The van der Waals surface area contributed by atoms with E-state index in [0.717, 1.165) is 29.8 Å². The summed E-state index contributed by atoms with van der Waals surface area (Å²) in [6.07, 6.45) is 10.5. The van der Waals surface area contributed by atoms with E-state index in [4.69, 9.17) is 23.1 Å². The zero-order valence-corrected chi connectivity index (χ0v) is 14.9. The Balaban J connectivity index is 2.17. The third-order valence-electron chi connectivity index (χ3n) is 3.00. The van der Waals surface area contributed by atoms with Gasteiger partial charge in [-0.15, -0.1) is 0 Å². The van der Waals surface area contributed by atoms with Crippen LogP contribution in [-0.2, 0) is 0 Å². The summed E-state index contributed by atoms with van der Waals surface area (Å²) < 4.78 is 3.60. The Morgan fingerprint density at radius 3 is 3.10 bits per heavy atom. The Morgan fingerprint density at radius 1 is 1.57 bits per heavy atom. The highest BCUT2D eigenvalue weighted by atomic mass is 127. The number of allylic oxidation sites excluding steroid dienone is 4. The van der Waals surface area contributed by atoms with Gasteiger partial charge in [-0.2, -0.15) is 0 Å². The number of hydrogen-bond donors (Lipinski definition) is 3. The van der Waals surface area contributed by atoms with Crippen molar-refractivity contribution in [3.8, 4) is 0 Å². The van der Waals surface area contributed by atoms with Crippen molar-refractivity contribution in [2.75, 3.05) is 13.1 Å². The number of nitrogens with zero attached hydrogens (tertiary/aromatic N) is 1. The van der Waals surface area contributed by atoms with Crippen molar-refractivity contribution in [1.82, 2.24) is 5.32 Å². The van der Waals surface area contributed by atoms with E-state index in [9.17, 15) is 0 Å². The molecule has 2 heterocycles. The van der Waals surface area contributed by atoms with Gasteiger partial charge in [0.15, 0.2) is 0 Å². The van der Waals surface area contributed by atoms with Crippen LogP contribution in [-0.4, -0.2) is 27.8 Å². The van der Waals surface area contributed by atoms with Gasteiger partial charge in [-0.1, -0.05) is 32.3 Å². The van der Waals surface area contributed by atoms with Crippen LogP contribution in [0.5, 0.6) is 0 Å². The molecule has 0 bridgehead atoms. The maximum Gasteiger partial charge on any atom is 0.128 e. The highest BCUT2D eigenvalue weighted by Gasteiger charge is 2.24. The quantitative estimate of drug-likeness (QED) is 0.211. The fourth-order valence-corrected chi connectivity index (χ4v) is 4.28. The number of rotatable bonds is 5. The topological polar surface area (TPSA) is 76.4 Å². The van der Waals surface area contributed by atoms with Crippen LogP contribution in [0.4, 0.5) is 0 Å². The molecular weight excluding hydrogens is 399 g/mol. The third kappa shape index (κ3) is 4.52. The van der Waals surface area contributed by atoms with Gasteiger partial charge in [0.2, 0.25) is 0 Å². The monoisotopic (exact) mass is 418 g/mol. The summed E-state index contributed by atoms with van der Waals surface area (Å²) in [7, 11) is 0. The minimum atomic E-state index is -0.524. The molecule has 21 heavy (non-hydrogen) atoms. The standard InChI is InChI=1S/C15H20ClIN4/c1-15(16)4-3-13-14(21-15)7-11(8-17-13)12(9-19)10-20-6-2-5-18/h3-4,7-10,21H,2,5-6,18-19H2,1H3. The van der Waals surface area contributed by atoms with E-state index in [-0.39, 0.29) is 20.7 Å². The van der Waals surface area contributed by atoms with Crippen LogP contribution in [0, 0.1) is 0 Å². The number of aliphatic imine (C=N–C) groups is 1. The summed E-state index contributed by atoms with van der Waals surface area (Å²) >= 11 is 6.14. The van der Waals surface area contributed by atoms with E-state index in [1.165, 1.54) is 3.51 Å². The first-order valence-corrected chi connectivity index (χ1v) is 9.47. The summed E-state index contributed by atoms with van der Waals surface area (Å²) in [5, 5.41) is 3.34. The number of alkyl halides is 1. The van der Waals surface area contributed by atoms with Crippen molar-refractivity contribution in [3.63, 3.8) is 0 Å². The highest BCUT2D eigenvalue weighted by Crippen LogP contribution is 2.30. The van der Waals surface area contributed by atoms with Gasteiger partial charge in [0.05, 0.1) is 0 Å². The minimum Gasteiger partial charge on any atom is -0.404 e. The molecule has 0 aromatic rings. The normalized spacial score (nSPS) is 25.5. The molecular formula is C15H20ClIN4. The lowest BCUT2D eigenvalue weighted by Crippen LogP contribution is -2.39. The molecule has 0 radical (unpaired) electrons.